The van der Waals surface area contributed by atoms with Crippen molar-refractivity contribution in [2.45, 2.75) is 52.6 Å². The minimum absolute atomic E-state index is 0.00272. The normalized spacial score (nSPS) is 16.8. The molecule has 0 aromatic carbocycles. The molecule has 0 bridgehead atoms. The first-order valence-electron chi connectivity index (χ1n) is 7.04. The van der Waals surface area contributed by atoms with Crippen LogP contribution in [0, 0.1) is 11.3 Å². The van der Waals surface area contributed by atoms with Gasteiger partial charge >= 0.3 is 0 Å². The molecular weight excluding hydrogens is 244 g/mol. The summed E-state index contributed by atoms with van der Waals surface area (Å²) in [7, 11) is 0. The van der Waals surface area contributed by atoms with Gasteiger partial charge in [0.2, 0.25) is 11.8 Å². The summed E-state index contributed by atoms with van der Waals surface area (Å²) in [6.45, 7) is 6.42. The van der Waals surface area contributed by atoms with Gasteiger partial charge in [-0.3, -0.25) is 9.59 Å². The first kappa shape index (κ1) is 16.0. The van der Waals surface area contributed by atoms with Gasteiger partial charge in [-0.1, -0.05) is 20.8 Å². The Hall–Kier alpha value is -1.10. The summed E-state index contributed by atoms with van der Waals surface area (Å²) in [6, 6.07) is 0. The van der Waals surface area contributed by atoms with Crippen LogP contribution in [0.3, 0.4) is 0 Å². The lowest BCUT2D eigenvalue weighted by molar-refractivity contribution is -0.128. The fraction of sp³-hybridized carbons (Fsp3) is 0.857. The van der Waals surface area contributed by atoms with Gasteiger partial charge in [0.25, 0.3) is 0 Å². The van der Waals surface area contributed by atoms with E-state index >= 15 is 0 Å². The average molecular weight is 270 g/mol. The standard InChI is InChI=1S/C14H26N2O3/c1-14(2,3)13(19)15-8-4-5-12(18)16-9-11(17)10-6-7-10/h10-11,17H,4-9H2,1-3H3,(H,15,19)(H,16,18). The zero-order valence-corrected chi connectivity index (χ0v) is 12.2. The number of rotatable bonds is 7. The maximum absolute atomic E-state index is 11.6. The lowest BCUT2D eigenvalue weighted by atomic mass is 9.96. The molecule has 5 nitrogen and oxygen atoms in total. The van der Waals surface area contributed by atoms with Crippen LogP contribution in [0.1, 0.15) is 46.5 Å². The quantitative estimate of drug-likeness (QED) is 0.599. The number of hydrogen-bond donors (Lipinski definition) is 3. The fourth-order valence-corrected chi connectivity index (χ4v) is 1.67. The molecule has 0 heterocycles. The van der Waals surface area contributed by atoms with Crippen molar-refractivity contribution in [3.8, 4) is 0 Å². The number of hydrogen-bond acceptors (Lipinski definition) is 3. The number of aliphatic hydroxyl groups excluding tert-OH is 1. The van der Waals surface area contributed by atoms with E-state index in [1.54, 1.807) is 0 Å². The van der Waals surface area contributed by atoms with Gasteiger partial charge in [-0.25, -0.2) is 0 Å². The van der Waals surface area contributed by atoms with E-state index in [1.807, 2.05) is 20.8 Å². The molecular formula is C14H26N2O3. The smallest absolute Gasteiger partial charge is 0.225 e. The monoisotopic (exact) mass is 270 g/mol. The second-order valence-electron chi connectivity index (χ2n) is 6.32. The summed E-state index contributed by atoms with van der Waals surface area (Å²) in [6.07, 6.45) is 2.73. The van der Waals surface area contributed by atoms with Gasteiger partial charge in [-0.15, -0.1) is 0 Å². The Morgan fingerprint density at radius 1 is 1.26 bits per heavy atom. The molecule has 1 unspecified atom stereocenters. The molecule has 19 heavy (non-hydrogen) atoms. The summed E-state index contributed by atoms with van der Waals surface area (Å²) in [5.41, 5.74) is -0.392. The summed E-state index contributed by atoms with van der Waals surface area (Å²) in [5, 5.41) is 15.1. The Labute approximate surface area is 115 Å². The summed E-state index contributed by atoms with van der Waals surface area (Å²) < 4.78 is 0. The van der Waals surface area contributed by atoms with Crippen molar-refractivity contribution in [3.05, 3.63) is 0 Å². The van der Waals surface area contributed by atoms with Crippen molar-refractivity contribution in [2.24, 2.45) is 11.3 Å². The molecule has 2 amide bonds. The molecule has 110 valence electrons. The van der Waals surface area contributed by atoms with Crippen LogP contribution in [0.4, 0.5) is 0 Å². The van der Waals surface area contributed by atoms with E-state index in [4.69, 9.17) is 0 Å². The van der Waals surface area contributed by atoms with Gasteiger partial charge in [0.05, 0.1) is 6.10 Å². The van der Waals surface area contributed by atoms with Crippen molar-refractivity contribution < 1.29 is 14.7 Å². The Balaban J connectivity index is 2.02. The van der Waals surface area contributed by atoms with E-state index in [1.165, 1.54) is 0 Å². The highest BCUT2D eigenvalue weighted by Crippen LogP contribution is 2.32. The molecule has 1 fully saturated rings. The van der Waals surface area contributed by atoms with E-state index in [0.29, 0.717) is 31.8 Å². The Morgan fingerprint density at radius 2 is 1.89 bits per heavy atom. The van der Waals surface area contributed by atoms with Crippen molar-refractivity contribution in [3.63, 3.8) is 0 Å². The SMILES string of the molecule is CC(C)(C)C(=O)NCCCC(=O)NCC(O)C1CC1. The van der Waals surface area contributed by atoms with Crippen molar-refractivity contribution in [2.75, 3.05) is 13.1 Å². The maximum Gasteiger partial charge on any atom is 0.225 e. The first-order chi connectivity index (χ1) is 8.80. The molecule has 1 aliphatic carbocycles. The van der Waals surface area contributed by atoms with E-state index < -0.39 is 11.5 Å². The van der Waals surface area contributed by atoms with Crippen molar-refractivity contribution >= 4 is 11.8 Å². The lowest BCUT2D eigenvalue weighted by Crippen LogP contribution is -2.36. The average Bonchev–Trinajstić information content (AvgIpc) is 3.14. The van der Waals surface area contributed by atoms with Crippen LogP contribution in [0.15, 0.2) is 0 Å². The number of carbonyl (C=O) groups is 2. The predicted molar refractivity (Wildman–Crippen MR) is 73.4 cm³/mol. The van der Waals surface area contributed by atoms with Crippen molar-refractivity contribution in [1.82, 2.24) is 10.6 Å². The second kappa shape index (κ2) is 6.89. The third-order valence-electron chi connectivity index (χ3n) is 3.22. The highest BCUT2D eigenvalue weighted by molar-refractivity contribution is 5.81. The molecule has 0 aromatic rings. The molecule has 5 heteroatoms. The van der Waals surface area contributed by atoms with Gasteiger partial charge in [0, 0.05) is 24.9 Å². The number of nitrogens with one attached hydrogen (secondary N) is 2. The summed E-state index contributed by atoms with van der Waals surface area (Å²) in [4.78, 5) is 23.1. The summed E-state index contributed by atoms with van der Waals surface area (Å²) >= 11 is 0. The number of amides is 2. The third-order valence-corrected chi connectivity index (χ3v) is 3.22. The Bertz CT molecular complexity index is 319. The number of carbonyl (C=O) groups excluding carboxylic acids is 2. The molecule has 3 N–H and O–H groups in total. The van der Waals surface area contributed by atoms with Crippen LogP contribution in [-0.4, -0.2) is 36.1 Å². The van der Waals surface area contributed by atoms with Crippen LogP contribution >= 0.6 is 0 Å². The van der Waals surface area contributed by atoms with Crippen LogP contribution < -0.4 is 10.6 Å². The van der Waals surface area contributed by atoms with Crippen LogP contribution in [-0.2, 0) is 9.59 Å². The molecule has 0 spiro atoms. The van der Waals surface area contributed by atoms with Crippen LogP contribution in [0.5, 0.6) is 0 Å². The molecule has 0 radical (unpaired) electrons. The van der Waals surface area contributed by atoms with Crippen LogP contribution in [0.25, 0.3) is 0 Å². The molecule has 0 aromatic heterocycles. The molecule has 0 saturated heterocycles. The van der Waals surface area contributed by atoms with Gasteiger partial charge in [-0.05, 0) is 25.2 Å². The fourth-order valence-electron chi connectivity index (χ4n) is 1.67. The van der Waals surface area contributed by atoms with E-state index in [9.17, 15) is 14.7 Å². The Kier molecular flexibility index (Phi) is 5.79. The third kappa shape index (κ3) is 6.57. The highest BCUT2D eigenvalue weighted by Gasteiger charge is 2.29. The van der Waals surface area contributed by atoms with E-state index in [2.05, 4.69) is 10.6 Å². The molecule has 1 atom stereocenters. The second-order valence-corrected chi connectivity index (χ2v) is 6.32. The largest absolute Gasteiger partial charge is 0.391 e. The van der Waals surface area contributed by atoms with Gasteiger partial charge in [-0.2, -0.15) is 0 Å². The zero-order valence-electron chi connectivity index (χ0n) is 12.2. The van der Waals surface area contributed by atoms with Gasteiger partial charge in [0.15, 0.2) is 0 Å². The van der Waals surface area contributed by atoms with E-state index in [0.717, 1.165) is 12.8 Å². The first-order valence-corrected chi connectivity index (χ1v) is 7.04. The topological polar surface area (TPSA) is 78.4 Å². The molecule has 0 aliphatic heterocycles. The maximum atomic E-state index is 11.6. The summed E-state index contributed by atoms with van der Waals surface area (Å²) in [5.74, 6) is 0.313. The Morgan fingerprint density at radius 3 is 2.42 bits per heavy atom. The highest BCUT2D eigenvalue weighted by atomic mass is 16.3. The predicted octanol–water partition coefficient (Wildman–Crippen LogP) is 0.816. The van der Waals surface area contributed by atoms with Crippen LogP contribution in [0.2, 0.25) is 0 Å². The van der Waals surface area contributed by atoms with E-state index in [-0.39, 0.29) is 11.8 Å². The minimum Gasteiger partial charge on any atom is -0.391 e. The van der Waals surface area contributed by atoms with Gasteiger partial charge < -0.3 is 15.7 Å². The van der Waals surface area contributed by atoms with Crippen molar-refractivity contribution in [1.29, 1.82) is 0 Å². The zero-order chi connectivity index (χ0) is 14.5. The molecule has 1 saturated carbocycles. The molecule has 1 aliphatic rings. The minimum atomic E-state index is -0.399. The molecule has 1 rings (SSSR count). The lowest BCUT2D eigenvalue weighted by Gasteiger charge is -2.17. The van der Waals surface area contributed by atoms with Gasteiger partial charge in [0.1, 0.15) is 0 Å². The number of aliphatic hydroxyl groups is 1.